The Morgan fingerprint density at radius 2 is 2.33 bits per heavy atom. The lowest BCUT2D eigenvalue weighted by atomic mass is 10.2. The summed E-state index contributed by atoms with van der Waals surface area (Å²) in [4.78, 5) is 11.2. The molecule has 94 valence electrons. The molecule has 0 saturated carbocycles. The number of nitriles is 1. The summed E-state index contributed by atoms with van der Waals surface area (Å²) in [6.45, 7) is 0.0819. The van der Waals surface area contributed by atoms with E-state index in [0.717, 1.165) is 0 Å². The van der Waals surface area contributed by atoms with Gasteiger partial charge >= 0.3 is 5.97 Å². The van der Waals surface area contributed by atoms with Crippen LogP contribution in [0.2, 0.25) is 0 Å². The number of aromatic hydroxyl groups is 1. The maximum atomic E-state index is 11.2. The SMILES string of the molecule is COc1cc(/C=C/C(=O)OCCC#N)ccc1O. The molecule has 5 nitrogen and oxygen atoms in total. The standard InChI is InChI=1S/C13H13NO4/c1-17-12-9-10(3-5-11(12)15)4-6-13(16)18-8-2-7-14/h3-6,9,15H,2,8H2,1H3/b6-4+. The molecule has 1 aromatic rings. The van der Waals surface area contributed by atoms with Crippen LogP contribution in [0, 0.1) is 11.3 Å². The van der Waals surface area contributed by atoms with Gasteiger partial charge in [-0.1, -0.05) is 6.07 Å². The molecule has 0 radical (unpaired) electrons. The minimum absolute atomic E-state index is 0.0336. The third-order valence-electron chi connectivity index (χ3n) is 2.07. The average Bonchev–Trinajstić information content (AvgIpc) is 2.38. The van der Waals surface area contributed by atoms with Crippen molar-refractivity contribution in [2.75, 3.05) is 13.7 Å². The summed E-state index contributed by atoms with van der Waals surface area (Å²) in [5.74, 6) is -0.154. The van der Waals surface area contributed by atoms with Gasteiger partial charge in [-0.05, 0) is 23.8 Å². The lowest BCUT2D eigenvalue weighted by molar-refractivity contribution is -0.137. The molecule has 0 atom stereocenters. The molecule has 0 unspecified atom stereocenters. The lowest BCUT2D eigenvalue weighted by Crippen LogP contribution is -2.01. The molecule has 0 saturated heterocycles. The van der Waals surface area contributed by atoms with Crippen molar-refractivity contribution in [3.8, 4) is 17.6 Å². The van der Waals surface area contributed by atoms with Crippen molar-refractivity contribution in [1.29, 1.82) is 5.26 Å². The van der Waals surface area contributed by atoms with Crippen LogP contribution in [-0.2, 0) is 9.53 Å². The topological polar surface area (TPSA) is 79.5 Å². The van der Waals surface area contributed by atoms with Crippen LogP contribution in [0.15, 0.2) is 24.3 Å². The molecule has 0 aliphatic carbocycles. The molecule has 0 aromatic heterocycles. The molecule has 0 spiro atoms. The highest BCUT2D eigenvalue weighted by molar-refractivity contribution is 5.87. The second-order valence-corrected chi connectivity index (χ2v) is 3.34. The monoisotopic (exact) mass is 247 g/mol. The Morgan fingerprint density at radius 3 is 3.00 bits per heavy atom. The van der Waals surface area contributed by atoms with E-state index in [4.69, 9.17) is 14.7 Å². The summed E-state index contributed by atoms with van der Waals surface area (Å²) in [5.41, 5.74) is 0.696. The Bertz CT molecular complexity index is 488. The van der Waals surface area contributed by atoms with Crippen LogP contribution >= 0.6 is 0 Å². The van der Waals surface area contributed by atoms with E-state index in [9.17, 15) is 9.90 Å². The zero-order chi connectivity index (χ0) is 13.4. The van der Waals surface area contributed by atoms with Crippen molar-refractivity contribution in [1.82, 2.24) is 0 Å². The highest BCUT2D eigenvalue weighted by atomic mass is 16.5. The molecule has 1 rings (SSSR count). The third-order valence-corrected chi connectivity index (χ3v) is 2.07. The first kappa shape index (κ1) is 13.6. The zero-order valence-corrected chi connectivity index (χ0v) is 9.92. The van der Waals surface area contributed by atoms with E-state index in [-0.39, 0.29) is 18.8 Å². The van der Waals surface area contributed by atoms with Gasteiger partial charge in [0.1, 0.15) is 6.61 Å². The Kier molecular flexibility index (Phi) is 5.26. The van der Waals surface area contributed by atoms with Gasteiger partial charge in [-0.3, -0.25) is 0 Å². The first-order valence-corrected chi connectivity index (χ1v) is 5.26. The van der Waals surface area contributed by atoms with Crippen LogP contribution in [0.5, 0.6) is 11.5 Å². The van der Waals surface area contributed by atoms with Gasteiger partial charge in [0.25, 0.3) is 0 Å². The minimum Gasteiger partial charge on any atom is -0.504 e. The number of hydrogen-bond acceptors (Lipinski definition) is 5. The molecular weight excluding hydrogens is 234 g/mol. The molecule has 18 heavy (non-hydrogen) atoms. The fourth-order valence-corrected chi connectivity index (χ4v) is 1.21. The Morgan fingerprint density at radius 1 is 1.56 bits per heavy atom. The fraction of sp³-hybridized carbons (Fsp3) is 0.231. The van der Waals surface area contributed by atoms with Gasteiger partial charge in [-0.15, -0.1) is 0 Å². The van der Waals surface area contributed by atoms with Crippen molar-refractivity contribution in [2.24, 2.45) is 0 Å². The molecule has 0 amide bonds. The Hall–Kier alpha value is -2.48. The smallest absolute Gasteiger partial charge is 0.330 e. The number of phenolic OH excluding ortho intramolecular Hbond substituents is 1. The summed E-state index contributed by atoms with van der Waals surface area (Å²) >= 11 is 0. The normalized spacial score (nSPS) is 10.0. The van der Waals surface area contributed by atoms with Gasteiger partial charge in [0.05, 0.1) is 19.6 Å². The summed E-state index contributed by atoms with van der Waals surface area (Å²) in [5, 5.41) is 17.7. The predicted molar refractivity (Wildman–Crippen MR) is 64.9 cm³/mol. The number of nitrogens with zero attached hydrogens (tertiary/aromatic N) is 1. The molecule has 0 bridgehead atoms. The summed E-state index contributed by atoms with van der Waals surface area (Å²) < 4.78 is 9.69. The van der Waals surface area contributed by atoms with E-state index in [1.54, 1.807) is 12.1 Å². The largest absolute Gasteiger partial charge is 0.504 e. The number of methoxy groups -OCH3 is 1. The van der Waals surface area contributed by atoms with Gasteiger partial charge < -0.3 is 14.6 Å². The van der Waals surface area contributed by atoms with E-state index in [1.807, 2.05) is 6.07 Å². The number of ether oxygens (including phenoxy) is 2. The molecule has 0 aliphatic rings. The lowest BCUT2D eigenvalue weighted by Gasteiger charge is -2.03. The van der Waals surface area contributed by atoms with E-state index in [2.05, 4.69) is 0 Å². The number of rotatable bonds is 5. The average molecular weight is 247 g/mol. The van der Waals surface area contributed by atoms with Gasteiger partial charge in [-0.2, -0.15) is 5.26 Å². The first-order chi connectivity index (χ1) is 8.67. The van der Waals surface area contributed by atoms with Crippen molar-refractivity contribution < 1.29 is 19.4 Å². The number of phenols is 1. The molecule has 0 aliphatic heterocycles. The zero-order valence-electron chi connectivity index (χ0n) is 9.92. The van der Waals surface area contributed by atoms with Crippen LogP contribution < -0.4 is 4.74 Å². The van der Waals surface area contributed by atoms with Crippen molar-refractivity contribution in [2.45, 2.75) is 6.42 Å². The van der Waals surface area contributed by atoms with E-state index in [0.29, 0.717) is 11.3 Å². The predicted octanol–water partition coefficient (Wildman–Crippen LogP) is 1.87. The number of hydrogen-bond donors (Lipinski definition) is 1. The fourth-order valence-electron chi connectivity index (χ4n) is 1.21. The van der Waals surface area contributed by atoms with Gasteiger partial charge in [-0.25, -0.2) is 4.79 Å². The van der Waals surface area contributed by atoms with Crippen LogP contribution in [0.3, 0.4) is 0 Å². The summed E-state index contributed by atoms with van der Waals surface area (Å²) in [6, 6.07) is 6.57. The summed E-state index contributed by atoms with van der Waals surface area (Å²) in [7, 11) is 1.44. The van der Waals surface area contributed by atoms with Crippen molar-refractivity contribution >= 4 is 12.0 Å². The second kappa shape index (κ2) is 6.97. The minimum atomic E-state index is -0.516. The van der Waals surface area contributed by atoms with Crippen molar-refractivity contribution in [3.05, 3.63) is 29.8 Å². The molecule has 1 N–H and O–H groups in total. The van der Waals surface area contributed by atoms with E-state index < -0.39 is 5.97 Å². The third kappa shape index (κ3) is 4.18. The van der Waals surface area contributed by atoms with Crippen LogP contribution in [0.25, 0.3) is 6.08 Å². The molecule has 0 fully saturated rings. The van der Waals surface area contributed by atoms with E-state index in [1.165, 1.54) is 25.3 Å². The highest BCUT2D eigenvalue weighted by Gasteiger charge is 2.01. The van der Waals surface area contributed by atoms with Gasteiger partial charge in [0, 0.05) is 6.08 Å². The molecule has 1 aromatic carbocycles. The number of benzene rings is 1. The van der Waals surface area contributed by atoms with Gasteiger partial charge in [0.15, 0.2) is 11.5 Å². The summed E-state index contributed by atoms with van der Waals surface area (Å²) in [6.07, 6.45) is 2.96. The van der Waals surface area contributed by atoms with Crippen LogP contribution in [-0.4, -0.2) is 24.8 Å². The van der Waals surface area contributed by atoms with Crippen LogP contribution in [0.4, 0.5) is 0 Å². The highest BCUT2D eigenvalue weighted by Crippen LogP contribution is 2.26. The molecular formula is C13H13NO4. The number of carbonyl (C=O) groups is 1. The van der Waals surface area contributed by atoms with Gasteiger partial charge in [0.2, 0.25) is 0 Å². The maximum absolute atomic E-state index is 11.2. The number of carbonyl (C=O) groups excluding carboxylic acids is 1. The second-order valence-electron chi connectivity index (χ2n) is 3.34. The van der Waals surface area contributed by atoms with E-state index >= 15 is 0 Å². The van der Waals surface area contributed by atoms with Crippen LogP contribution in [0.1, 0.15) is 12.0 Å². The first-order valence-electron chi connectivity index (χ1n) is 5.26. The maximum Gasteiger partial charge on any atom is 0.330 e. The molecule has 5 heteroatoms. The quantitative estimate of drug-likeness (QED) is 0.488. The number of esters is 1. The molecule has 0 heterocycles. The Balaban J connectivity index is 2.61. The Labute approximate surface area is 105 Å². The van der Waals surface area contributed by atoms with Crippen molar-refractivity contribution in [3.63, 3.8) is 0 Å².